The van der Waals surface area contributed by atoms with Crippen LogP contribution in [0.5, 0.6) is 5.88 Å². The number of hydrogen-bond acceptors (Lipinski definition) is 3. The number of pyridine rings is 1. The predicted octanol–water partition coefficient (Wildman–Crippen LogP) is 4.84. The van der Waals surface area contributed by atoms with Crippen LogP contribution in [0, 0.1) is 12.7 Å². The number of aryl methyl sites for hydroxylation is 1. The first-order chi connectivity index (χ1) is 12.0. The van der Waals surface area contributed by atoms with Crippen LogP contribution in [0.15, 0.2) is 24.3 Å². The summed E-state index contributed by atoms with van der Waals surface area (Å²) in [5.74, 6) is -0.217. The first-order valence-corrected chi connectivity index (χ1v) is 8.59. The number of nitrogens with zero attached hydrogens (tertiary/aromatic N) is 1. The number of carbonyl (C=O) groups is 1. The lowest BCUT2D eigenvalue weighted by Gasteiger charge is -2.25. The third kappa shape index (κ3) is 3.55. The second-order valence-corrected chi connectivity index (χ2v) is 6.43. The number of ketones is 1. The first-order valence-electron chi connectivity index (χ1n) is 8.59. The van der Waals surface area contributed by atoms with Crippen LogP contribution >= 0.6 is 0 Å². The molecular formula is C20H21F2NO2. The van der Waals surface area contributed by atoms with Crippen molar-refractivity contribution in [1.29, 1.82) is 0 Å². The zero-order valence-corrected chi connectivity index (χ0v) is 14.4. The van der Waals surface area contributed by atoms with Gasteiger partial charge in [0.15, 0.2) is 5.78 Å². The van der Waals surface area contributed by atoms with E-state index in [0.29, 0.717) is 36.8 Å². The Hall–Kier alpha value is -2.30. The minimum Gasteiger partial charge on any atom is -0.471 e. The number of ether oxygens (including phenoxy) is 1. The summed E-state index contributed by atoms with van der Waals surface area (Å²) >= 11 is 0. The van der Waals surface area contributed by atoms with Crippen LogP contribution in [0.4, 0.5) is 8.78 Å². The Kier molecular flexibility index (Phi) is 5.11. The van der Waals surface area contributed by atoms with Crippen LogP contribution in [-0.4, -0.2) is 23.5 Å². The molecule has 2 heterocycles. The molecule has 5 heteroatoms. The Morgan fingerprint density at radius 2 is 2.12 bits per heavy atom. The quantitative estimate of drug-likeness (QED) is 0.728. The molecule has 0 saturated heterocycles. The van der Waals surface area contributed by atoms with E-state index in [0.717, 1.165) is 11.1 Å². The van der Waals surface area contributed by atoms with Crippen LogP contribution in [-0.2, 0) is 6.42 Å². The lowest BCUT2D eigenvalue weighted by atomic mass is 9.93. The van der Waals surface area contributed by atoms with Gasteiger partial charge in [0.2, 0.25) is 5.88 Å². The van der Waals surface area contributed by atoms with Crippen LogP contribution < -0.4 is 4.74 Å². The highest BCUT2D eigenvalue weighted by Gasteiger charge is 2.26. The number of fused-ring (bicyclic) bond motifs is 1. The smallest absolute Gasteiger partial charge is 0.218 e. The van der Waals surface area contributed by atoms with Crippen molar-refractivity contribution in [2.45, 2.75) is 45.6 Å². The van der Waals surface area contributed by atoms with Crippen molar-refractivity contribution in [3.63, 3.8) is 0 Å². The molecule has 0 saturated carbocycles. The molecule has 3 nitrogen and oxygen atoms in total. The van der Waals surface area contributed by atoms with Gasteiger partial charge >= 0.3 is 0 Å². The van der Waals surface area contributed by atoms with Crippen LogP contribution in [0.25, 0.3) is 11.1 Å². The minimum absolute atomic E-state index is 0.120. The molecule has 3 rings (SSSR count). The summed E-state index contributed by atoms with van der Waals surface area (Å²) in [5.41, 5.74) is 2.83. The van der Waals surface area contributed by atoms with Gasteiger partial charge in [0, 0.05) is 17.5 Å². The summed E-state index contributed by atoms with van der Waals surface area (Å²) in [6.07, 6.45) is 1.54. The number of aromatic nitrogens is 1. The maximum Gasteiger partial charge on any atom is 0.218 e. The molecule has 1 aliphatic rings. The summed E-state index contributed by atoms with van der Waals surface area (Å²) in [5, 5.41) is 0. The normalized spacial score (nSPS) is 16.2. The van der Waals surface area contributed by atoms with Gasteiger partial charge in [-0.15, -0.1) is 0 Å². The summed E-state index contributed by atoms with van der Waals surface area (Å²) in [4.78, 5) is 16.6. The predicted molar refractivity (Wildman–Crippen MR) is 92.3 cm³/mol. The van der Waals surface area contributed by atoms with Crippen LogP contribution in [0.3, 0.4) is 0 Å². The SMILES string of the molecule is CCCC(=O)c1cc(-c2ccc(C)cc2F)c2c(n1)OC(CF)CC2. The van der Waals surface area contributed by atoms with Gasteiger partial charge in [0.25, 0.3) is 0 Å². The van der Waals surface area contributed by atoms with Gasteiger partial charge in [-0.05, 0) is 49.4 Å². The fourth-order valence-corrected chi connectivity index (χ4v) is 3.09. The summed E-state index contributed by atoms with van der Waals surface area (Å²) < 4.78 is 33.1. The van der Waals surface area contributed by atoms with E-state index in [1.807, 2.05) is 19.9 Å². The Morgan fingerprint density at radius 3 is 2.80 bits per heavy atom. The molecule has 1 aromatic carbocycles. The number of alkyl halides is 1. The average molecular weight is 345 g/mol. The highest BCUT2D eigenvalue weighted by molar-refractivity contribution is 5.96. The number of carbonyl (C=O) groups excluding carboxylic acids is 1. The second-order valence-electron chi connectivity index (χ2n) is 6.43. The molecule has 1 unspecified atom stereocenters. The summed E-state index contributed by atoms with van der Waals surface area (Å²) in [6, 6.07) is 6.63. The maximum atomic E-state index is 14.5. The van der Waals surface area contributed by atoms with Crippen molar-refractivity contribution in [3.05, 3.63) is 46.9 Å². The number of rotatable bonds is 5. The Labute approximate surface area is 146 Å². The molecule has 1 aromatic heterocycles. The molecule has 0 fully saturated rings. The zero-order chi connectivity index (χ0) is 18.0. The number of hydrogen-bond donors (Lipinski definition) is 0. The topological polar surface area (TPSA) is 39.2 Å². The highest BCUT2D eigenvalue weighted by atomic mass is 19.1. The molecule has 1 aliphatic heterocycles. The van der Waals surface area contributed by atoms with E-state index >= 15 is 0 Å². The minimum atomic E-state index is -0.609. The van der Waals surface area contributed by atoms with Gasteiger partial charge < -0.3 is 4.74 Å². The standard InChI is InChI=1S/C20H21F2NO2/c1-3-4-19(24)18-10-16(14-7-5-12(2)9-17(14)22)15-8-6-13(11-21)25-20(15)23-18/h5,7,9-10,13H,3-4,6,8,11H2,1-2H3. The van der Waals surface area contributed by atoms with E-state index in [2.05, 4.69) is 4.98 Å². The van der Waals surface area contributed by atoms with Gasteiger partial charge in [0.1, 0.15) is 24.3 Å². The molecule has 0 bridgehead atoms. The van der Waals surface area contributed by atoms with E-state index in [4.69, 9.17) is 4.74 Å². The van der Waals surface area contributed by atoms with Crippen molar-refractivity contribution in [2.24, 2.45) is 0 Å². The van der Waals surface area contributed by atoms with Gasteiger partial charge in [-0.25, -0.2) is 13.8 Å². The Balaban J connectivity index is 2.15. The lowest BCUT2D eigenvalue weighted by molar-refractivity contribution is 0.0971. The fourth-order valence-electron chi connectivity index (χ4n) is 3.09. The van der Waals surface area contributed by atoms with Gasteiger partial charge in [0.05, 0.1) is 0 Å². The molecule has 0 amide bonds. The molecule has 2 aromatic rings. The van der Waals surface area contributed by atoms with Crippen LogP contribution in [0.2, 0.25) is 0 Å². The lowest BCUT2D eigenvalue weighted by Crippen LogP contribution is -2.26. The van der Waals surface area contributed by atoms with Gasteiger partial charge in [-0.3, -0.25) is 4.79 Å². The third-order valence-electron chi connectivity index (χ3n) is 4.43. The van der Waals surface area contributed by atoms with Crippen molar-refractivity contribution in [2.75, 3.05) is 6.67 Å². The van der Waals surface area contributed by atoms with Crippen molar-refractivity contribution < 1.29 is 18.3 Å². The first kappa shape index (κ1) is 17.5. The molecule has 0 spiro atoms. The van der Waals surface area contributed by atoms with E-state index < -0.39 is 12.8 Å². The van der Waals surface area contributed by atoms with Crippen molar-refractivity contribution in [1.82, 2.24) is 4.98 Å². The van der Waals surface area contributed by atoms with E-state index in [1.165, 1.54) is 6.07 Å². The molecular weight excluding hydrogens is 324 g/mol. The zero-order valence-electron chi connectivity index (χ0n) is 14.4. The fraction of sp³-hybridized carbons (Fsp3) is 0.400. The van der Waals surface area contributed by atoms with Gasteiger partial charge in [-0.1, -0.05) is 19.1 Å². The van der Waals surface area contributed by atoms with Crippen LogP contribution in [0.1, 0.15) is 47.8 Å². The largest absolute Gasteiger partial charge is 0.471 e. The Morgan fingerprint density at radius 1 is 1.32 bits per heavy atom. The molecule has 25 heavy (non-hydrogen) atoms. The van der Waals surface area contributed by atoms with Crippen molar-refractivity contribution in [3.8, 4) is 17.0 Å². The second kappa shape index (κ2) is 7.30. The Bertz CT molecular complexity index is 805. The van der Waals surface area contributed by atoms with E-state index in [-0.39, 0.29) is 23.2 Å². The number of benzene rings is 1. The molecule has 132 valence electrons. The molecule has 0 aliphatic carbocycles. The van der Waals surface area contributed by atoms with Gasteiger partial charge in [-0.2, -0.15) is 0 Å². The third-order valence-corrected chi connectivity index (χ3v) is 4.43. The van der Waals surface area contributed by atoms with E-state index in [1.54, 1.807) is 12.1 Å². The maximum absolute atomic E-state index is 14.5. The van der Waals surface area contributed by atoms with Crippen molar-refractivity contribution >= 4 is 5.78 Å². The number of Topliss-reactive ketones (excluding diaryl/α,β-unsaturated/α-hetero) is 1. The molecule has 1 atom stereocenters. The molecule has 0 N–H and O–H groups in total. The average Bonchev–Trinajstić information content (AvgIpc) is 2.60. The molecule has 0 radical (unpaired) electrons. The summed E-state index contributed by atoms with van der Waals surface area (Å²) in [7, 11) is 0. The monoisotopic (exact) mass is 345 g/mol. The van der Waals surface area contributed by atoms with E-state index in [9.17, 15) is 13.6 Å². The highest BCUT2D eigenvalue weighted by Crippen LogP contribution is 2.37. The summed E-state index contributed by atoms with van der Waals surface area (Å²) in [6.45, 7) is 3.12. The number of halogens is 2.